The zero-order valence-corrected chi connectivity index (χ0v) is 16.0. The van der Waals surface area contributed by atoms with Crippen LogP contribution in [0.3, 0.4) is 0 Å². The van der Waals surface area contributed by atoms with E-state index in [1.807, 2.05) is 49.4 Å². The smallest absolute Gasteiger partial charge is 0.345 e. The number of benzene rings is 2. The van der Waals surface area contributed by atoms with Gasteiger partial charge in [-0.1, -0.05) is 29.8 Å². The molecule has 0 unspecified atom stereocenters. The number of thiophene rings is 1. The number of aryl methyl sites for hydroxylation is 1. The quantitative estimate of drug-likeness (QED) is 0.467. The van der Waals surface area contributed by atoms with Crippen LogP contribution < -0.4 is 10.5 Å². The summed E-state index contributed by atoms with van der Waals surface area (Å²) in [6.45, 7) is 2.25. The minimum Gasteiger partial charge on any atom is -0.422 e. The first-order valence-corrected chi connectivity index (χ1v) is 9.61. The molecule has 0 N–H and O–H groups in total. The number of hydrogen-bond donors (Lipinski definition) is 0. The number of carbonyl (C=O) groups is 1. The van der Waals surface area contributed by atoms with Crippen molar-refractivity contribution in [2.75, 3.05) is 11.4 Å². The summed E-state index contributed by atoms with van der Waals surface area (Å²) >= 11 is 1.28. The highest BCUT2D eigenvalue weighted by atomic mass is 32.1. The zero-order chi connectivity index (χ0) is 19.7. The number of amides is 1. The van der Waals surface area contributed by atoms with E-state index in [0.29, 0.717) is 21.5 Å². The molecule has 0 aliphatic rings. The van der Waals surface area contributed by atoms with Crippen LogP contribution in [0.5, 0.6) is 0 Å². The number of rotatable bonds is 4. The van der Waals surface area contributed by atoms with Gasteiger partial charge in [-0.3, -0.25) is 4.79 Å². The Morgan fingerprint density at radius 3 is 2.68 bits per heavy atom. The summed E-state index contributed by atoms with van der Waals surface area (Å²) in [6, 6.07) is 18.5. The molecule has 2 aromatic heterocycles. The average Bonchev–Trinajstić information content (AvgIpc) is 3.16. The number of para-hydroxylation sites is 1. The van der Waals surface area contributed by atoms with Gasteiger partial charge >= 0.3 is 5.63 Å². The summed E-state index contributed by atoms with van der Waals surface area (Å²) in [5.74, 6) is -0.233. The lowest BCUT2D eigenvalue weighted by molar-refractivity contribution is 0.0991. The van der Waals surface area contributed by atoms with E-state index < -0.39 is 5.63 Å². The molecular formula is C22H16N2O3S. The Hall–Kier alpha value is -3.43. The van der Waals surface area contributed by atoms with E-state index in [9.17, 15) is 9.59 Å². The van der Waals surface area contributed by atoms with Crippen molar-refractivity contribution in [1.82, 2.24) is 0 Å². The number of carbonyl (C=O) groups excluding carboxylic acids is 1. The third-order valence-corrected chi connectivity index (χ3v) is 5.66. The molecule has 4 aromatic rings. The Labute approximate surface area is 165 Å². The van der Waals surface area contributed by atoms with Crippen LogP contribution in [0, 0.1) is 18.3 Å². The van der Waals surface area contributed by atoms with Gasteiger partial charge < -0.3 is 9.32 Å². The van der Waals surface area contributed by atoms with E-state index in [-0.39, 0.29) is 18.9 Å². The number of nitrogens with zero attached hydrogens (tertiary/aromatic N) is 2. The fraction of sp³-hybridized carbons (Fsp3) is 0.136. The Morgan fingerprint density at radius 2 is 1.93 bits per heavy atom. The molecular weight excluding hydrogens is 372 g/mol. The van der Waals surface area contributed by atoms with Crippen molar-refractivity contribution in [3.8, 4) is 6.07 Å². The lowest BCUT2D eigenvalue weighted by Gasteiger charge is -2.20. The minimum atomic E-state index is -0.454. The number of fused-ring (bicyclic) bond motifs is 3. The lowest BCUT2D eigenvalue weighted by atomic mass is 10.1. The summed E-state index contributed by atoms with van der Waals surface area (Å²) in [7, 11) is 0. The number of nitriles is 1. The monoisotopic (exact) mass is 388 g/mol. The summed E-state index contributed by atoms with van der Waals surface area (Å²) in [4.78, 5) is 27.6. The normalized spacial score (nSPS) is 10.9. The molecule has 4 rings (SSSR count). The maximum absolute atomic E-state index is 13.2. The van der Waals surface area contributed by atoms with Gasteiger partial charge in [-0.15, -0.1) is 11.3 Å². The predicted molar refractivity (Wildman–Crippen MR) is 111 cm³/mol. The summed E-state index contributed by atoms with van der Waals surface area (Å²) in [6.07, 6.45) is 0.218. The maximum Gasteiger partial charge on any atom is 0.345 e. The van der Waals surface area contributed by atoms with Crippen LogP contribution in [0.2, 0.25) is 0 Å². The second-order valence-corrected chi connectivity index (χ2v) is 7.50. The number of hydrogen-bond acceptors (Lipinski definition) is 5. The molecule has 0 spiro atoms. The SMILES string of the molecule is Cc1ccc2oc(=O)c3cc(C(=O)N(CCC#N)c4ccccc4)sc3c2c1. The molecule has 0 aliphatic heterocycles. The Morgan fingerprint density at radius 1 is 1.14 bits per heavy atom. The van der Waals surface area contributed by atoms with E-state index in [1.165, 1.54) is 11.3 Å². The first-order valence-electron chi connectivity index (χ1n) is 8.79. The van der Waals surface area contributed by atoms with Crippen LogP contribution >= 0.6 is 11.3 Å². The van der Waals surface area contributed by atoms with Crippen LogP contribution in [-0.2, 0) is 0 Å². The van der Waals surface area contributed by atoms with Crippen LogP contribution in [-0.4, -0.2) is 12.5 Å². The van der Waals surface area contributed by atoms with Crippen molar-refractivity contribution in [3.63, 3.8) is 0 Å². The van der Waals surface area contributed by atoms with Gasteiger partial charge in [0, 0.05) is 17.6 Å². The summed E-state index contributed by atoms with van der Waals surface area (Å²) in [5.41, 5.74) is 1.81. The highest BCUT2D eigenvalue weighted by Gasteiger charge is 2.22. The van der Waals surface area contributed by atoms with Gasteiger partial charge in [0.15, 0.2) is 0 Å². The Balaban J connectivity index is 1.85. The Kier molecular flexibility index (Phi) is 4.68. The number of anilines is 1. The molecule has 1 amide bonds. The van der Waals surface area contributed by atoms with Crippen molar-refractivity contribution in [2.45, 2.75) is 13.3 Å². The average molecular weight is 388 g/mol. The molecule has 5 nitrogen and oxygen atoms in total. The molecule has 0 atom stereocenters. The zero-order valence-electron chi connectivity index (χ0n) is 15.1. The van der Waals surface area contributed by atoms with E-state index in [1.54, 1.807) is 17.0 Å². The van der Waals surface area contributed by atoms with Crippen LogP contribution in [0.4, 0.5) is 5.69 Å². The van der Waals surface area contributed by atoms with E-state index >= 15 is 0 Å². The van der Waals surface area contributed by atoms with Crippen molar-refractivity contribution < 1.29 is 9.21 Å². The molecule has 0 saturated carbocycles. The molecule has 2 aromatic carbocycles. The van der Waals surface area contributed by atoms with Crippen molar-refractivity contribution >= 4 is 44.0 Å². The summed E-state index contributed by atoms with van der Waals surface area (Å²) < 4.78 is 6.16. The first kappa shape index (κ1) is 18.0. The molecule has 0 radical (unpaired) electrons. The second kappa shape index (κ2) is 7.29. The third-order valence-electron chi connectivity index (χ3n) is 4.51. The Bertz CT molecular complexity index is 1280. The highest BCUT2D eigenvalue weighted by molar-refractivity contribution is 7.21. The topological polar surface area (TPSA) is 74.3 Å². The molecule has 6 heteroatoms. The molecule has 138 valence electrons. The van der Waals surface area contributed by atoms with Gasteiger partial charge in [-0.25, -0.2) is 4.79 Å². The van der Waals surface area contributed by atoms with Crippen LogP contribution in [0.15, 0.2) is 63.8 Å². The van der Waals surface area contributed by atoms with Gasteiger partial charge in [0.2, 0.25) is 0 Å². The third kappa shape index (κ3) is 3.17. The standard InChI is InChI=1S/C22H16N2O3S/c1-14-8-9-18-16(12-14)20-17(22(26)27-18)13-19(28-20)21(25)24(11-5-10-23)15-6-3-2-4-7-15/h2-4,6-9,12-13H,5,11H2,1H3. The summed E-state index contributed by atoms with van der Waals surface area (Å²) in [5, 5.41) is 10.2. The van der Waals surface area contributed by atoms with E-state index in [0.717, 1.165) is 15.6 Å². The van der Waals surface area contributed by atoms with Crippen molar-refractivity contribution in [1.29, 1.82) is 5.26 Å². The van der Waals surface area contributed by atoms with E-state index in [4.69, 9.17) is 9.68 Å². The molecule has 0 fully saturated rings. The fourth-order valence-corrected chi connectivity index (χ4v) is 4.28. The predicted octanol–water partition coefficient (Wildman–Crippen LogP) is 4.88. The van der Waals surface area contributed by atoms with Gasteiger partial charge in [0.05, 0.1) is 27.5 Å². The fourth-order valence-electron chi connectivity index (χ4n) is 3.16. The van der Waals surface area contributed by atoms with Crippen molar-refractivity contribution in [3.05, 3.63) is 75.5 Å². The van der Waals surface area contributed by atoms with Crippen LogP contribution in [0.25, 0.3) is 21.1 Å². The minimum absolute atomic E-state index is 0.218. The first-order chi connectivity index (χ1) is 13.6. The maximum atomic E-state index is 13.2. The molecule has 0 bridgehead atoms. The molecule has 0 saturated heterocycles. The van der Waals surface area contributed by atoms with E-state index in [2.05, 4.69) is 6.07 Å². The second-order valence-electron chi connectivity index (χ2n) is 6.44. The molecule has 0 aliphatic carbocycles. The lowest BCUT2D eigenvalue weighted by Crippen LogP contribution is -2.31. The molecule has 28 heavy (non-hydrogen) atoms. The van der Waals surface area contributed by atoms with Gasteiger partial charge in [0.1, 0.15) is 5.58 Å². The van der Waals surface area contributed by atoms with Crippen molar-refractivity contribution in [2.24, 2.45) is 0 Å². The molecule has 2 heterocycles. The van der Waals surface area contributed by atoms with Gasteiger partial charge in [-0.05, 0) is 37.3 Å². The largest absolute Gasteiger partial charge is 0.422 e. The van der Waals surface area contributed by atoms with Crippen LogP contribution in [0.1, 0.15) is 21.7 Å². The highest BCUT2D eigenvalue weighted by Crippen LogP contribution is 2.32. The van der Waals surface area contributed by atoms with Gasteiger partial charge in [-0.2, -0.15) is 5.26 Å². The van der Waals surface area contributed by atoms with Gasteiger partial charge in [0.25, 0.3) is 5.91 Å².